The van der Waals surface area contributed by atoms with E-state index in [1.54, 1.807) is 4.90 Å². The summed E-state index contributed by atoms with van der Waals surface area (Å²) in [6.45, 7) is 2.81. The number of carbonyl (C=O) groups excluding carboxylic acids is 2. The molecular formula is C17H17N3O2S. The summed E-state index contributed by atoms with van der Waals surface area (Å²) in [4.78, 5) is 30.5. The number of rotatable bonds is 3. The van der Waals surface area contributed by atoms with Crippen LogP contribution in [-0.2, 0) is 11.3 Å². The number of piperazine rings is 1. The summed E-state index contributed by atoms with van der Waals surface area (Å²) < 4.78 is 0. The second-order valence-corrected chi connectivity index (χ2v) is 6.76. The highest BCUT2D eigenvalue weighted by atomic mass is 32.1. The zero-order chi connectivity index (χ0) is 15.8. The third-order valence-corrected chi connectivity index (χ3v) is 5.24. The predicted molar refractivity (Wildman–Crippen MR) is 89.4 cm³/mol. The van der Waals surface area contributed by atoms with Crippen LogP contribution in [0, 0.1) is 0 Å². The Hall–Kier alpha value is -2.18. The van der Waals surface area contributed by atoms with Gasteiger partial charge in [-0.1, -0.05) is 30.3 Å². The largest absolute Gasteiger partial charge is 0.332 e. The molecule has 0 spiro atoms. The van der Waals surface area contributed by atoms with E-state index in [-0.39, 0.29) is 18.0 Å². The number of thiophene rings is 1. The van der Waals surface area contributed by atoms with Gasteiger partial charge in [0.2, 0.25) is 0 Å². The molecule has 6 heteroatoms. The SMILES string of the molecule is O=C1C2CN(Cc3ccccc3)CCN2C(=O)N1c1cccs1. The van der Waals surface area contributed by atoms with Crippen LogP contribution in [0.5, 0.6) is 0 Å². The van der Waals surface area contributed by atoms with E-state index in [1.165, 1.54) is 21.8 Å². The number of fused-ring (bicyclic) bond motifs is 1. The summed E-state index contributed by atoms with van der Waals surface area (Å²) >= 11 is 1.42. The van der Waals surface area contributed by atoms with Crippen LogP contribution in [0.3, 0.4) is 0 Å². The number of urea groups is 1. The fourth-order valence-electron chi connectivity index (χ4n) is 3.24. The Morgan fingerprint density at radius 3 is 2.61 bits per heavy atom. The molecule has 2 aromatic rings. The quantitative estimate of drug-likeness (QED) is 0.813. The minimum absolute atomic E-state index is 0.102. The Morgan fingerprint density at radius 1 is 1.04 bits per heavy atom. The van der Waals surface area contributed by atoms with E-state index in [0.717, 1.165) is 13.1 Å². The minimum Gasteiger partial charge on any atom is -0.309 e. The fourth-order valence-corrected chi connectivity index (χ4v) is 3.96. The predicted octanol–water partition coefficient (Wildman–Crippen LogP) is 2.40. The molecule has 1 unspecified atom stereocenters. The molecule has 0 bridgehead atoms. The summed E-state index contributed by atoms with van der Waals surface area (Å²) in [5, 5.41) is 2.60. The van der Waals surface area contributed by atoms with Crippen molar-refractivity contribution < 1.29 is 9.59 Å². The first-order valence-corrected chi connectivity index (χ1v) is 8.56. The van der Waals surface area contributed by atoms with Crippen LogP contribution in [0.2, 0.25) is 0 Å². The van der Waals surface area contributed by atoms with E-state index >= 15 is 0 Å². The van der Waals surface area contributed by atoms with E-state index in [9.17, 15) is 9.59 Å². The molecule has 0 N–H and O–H groups in total. The average Bonchev–Trinajstić information content (AvgIpc) is 3.17. The Morgan fingerprint density at radius 2 is 1.87 bits per heavy atom. The van der Waals surface area contributed by atoms with Gasteiger partial charge in [-0.05, 0) is 23.1 Å². The molecule has 23 heavy (non-hydrogen) atoms. The van der Waals surface area contributed by atoms with E-state index in [4.69, 9.17) is 0 Å². The molecule has 118 valence electrons. The number of amides is 3. The molecule has 0 aliphatic carbocycles. The molecule has 3 amide bonds. The van der Waals surface area contributed by atoms with Gasteiger partial charge in [0.25, 0.3) is 5.91 Å². The molecule has 0 saturated carbocycles. The van der Waals surface area contributed by atoms with Crippen LogP contribution in [0.25, 0.3) is 0 Å². The maximum atomic E-state index is 12.7. The summed E-state index contributed by atoms with van der Waals surface area (Å²) in [5.74, 6) is -0.102. The summed E-state index contributed by atoms with van der Waals surface area (Å²) in [6.07, 6.45) is 0. The monoisotopic (exact) mass is 327 g/mol. The van der Waals surface area contributed by atoms with Gasteiger partial charge in [-0.15, -0.1) is 11.3 Å². The van der Waals surface area contributed by atoms with Gasteiger partial charge >= 0.3 is 6.03 Å². The summed E-state index contributed by atoms with van der Waals surface area (Å²) in [5.41, 5.74) is 1.23. The fraction of sp³-hybridized carbons (Fsp3) is 0.294. The molecule has 1 aromatic heterocycles. The van der Waals surface area contributed by atoms with E-state index in [2.05, 4.69) is 17.0 Å². The van der Waals surface area contributed by atoms with Crippen molar-refractivity contribution in [1.82, 2.24) is 9.80 Å². The topological polar surface area (TPSA) is 43.9 Å². The molecule has 2 fully saturated rings. The number of benzene rings is 1. The molecule has 2 saturated heterocycles. The van der Waals surface area contributed by atoms with E-state index in [1.807, 2.05) is 35.7 Å². The standard InChI is InChI=1S/C17H17N3O2S/c21-16-14-12-18(11-13-5-2-1-3-6-13)8-9-19(14)17(22)20(16)15-7-4-10-23-15/h1-7,10,14H,8-9,11-12H2. The highest BCUT2D eigenvalue weighted by Crippen LogP contribution is 2.30. The number of anilines is 1. The van der Waals surface area contributed by atoms with E-state index < -0.39 is 0 Å². The average molecular weight is 327 g/mol. The number of hydrogen-bond donors (Lipinski definition) is 0. The molecule has 0 radical (unpaired) electrons. The van der Waals surface area contributed by atoms with Crippen molar-refractivity contribution in [3.8, 4) is 0 Å². The molecule has 2 aliphatic heterocycles. The second kappa shape index (κ2) is 5.79. The highest BCUT2D eigenvalue weighted by molar-refractivity contribution is 7.14. The molecular weight excluding hydrogens is 310 g/mol. The number of nitrogens with zero attached hydrogens (tertiary/aromatic N) is 3. The first kappa shape index (κ1) is 14.4. The minimum atomic E-state index is -0.359. The number of carbonyl (C=O) groups is 2. The van der Waals surface area contributed by atoms with Crippen molar-refractivity contribution in [3.63, 3.8) is 0 Å². The lowest BCUT2D eigenvalue weighted by molar-refractivity contribution is -0.121. The lowest BCUT2D eigenvalue weighted by Gasteiger charge is -2.35. The lowest BCUT2D eigenvalue weighted by Crippen LogP contribution is -2.52. The van der Waals surface area contributed by atoms with Crippen molar-refractivity contribution >= 4 is 28.3 Å². The Balaban J connectivity index is 1.51. The van der Waals surface area contributed by atoms with Crippen LogP contribution >= 0.6 is 11.3 Å². The molecule has 3 heterocycles. The molecule has 2 aliphatic rings. The maximum absolute atomic E-state index is 12.7. The zero-order valence-electron chi connectivity index (χ0n) is 12.6. The second-order valence-electron chi connectivity index (χ2n) is 5.84. The van der Waals surface area contributed by atoms with Gasteiger partial charge in [-0.25, -0.2) is 9.69 Å². The van der Waals surface area contributed by atoms with Crippen molar-refractivity contribution in [3.05, 3.63) is 53.4 Å². The van der Waals surface area contributed by atoms with Gasteiger partial charge in [0.1, 0.15) is 11.0 Å². The van der Waals surface area contributed by atoms with Crippen LogP contribution < -0.4 is 4.90 Å². The number of imide groups is 1. The van der Waals surface area contributed by atoms with Gasteiger partial charge in [0.15, 0.2) is 0 Å². The summed E-state index contributed by atoms with van der Waals surface area (Å²) in [6, 6.07) is 13.4. The smallest absolute Gasteiger partial charge is 0.309 e. The van der Waals surface area contributed by atoms with Gasteiger partial charge in [0.05, 0.1) is 0 Å². The molecule has 1 aromatic carbocycles. The third-order valence-electron chi connectivity index (χ3n) is 4.38. The first-order chi connectivity index (χ1) is 11.2. The van der Waals surface area contributed by atoms with Gasteiger partial charge in [-0.3, -0.25) is 9.69 Å². The van der Waals surface area contributed by atoms with Gasteiger partial charge in [0, 0.05) is 26.2 Å². The van der Waals surface area contributed by atoms with Gasteiger partial charge < -0.3 is 4.90 Å². The van der Waals surface area contributed by atoms with Crippen LogP contribution in [0.15, 0.2) is 47.8 Å². The number of hydrogen-bond acceptors (Lipinski definition) is 4. The first-order valence-electron chi connectivity index (χ1n) is 7.68. The van der Waals surface area contributed by atoms with Gasteiger partial charge in [-0.2, -0.15) is 0 Å². The maximum Gasteiger partial charge on any atom is 0.332 e. The van der Waals surface area contributed by atoms with E-state index in [0.29, 0.717) is 18.1 Å². The highest BCUT2D eigenvalue weighted by Gasteiger charge is 2.48. The lowest BCUT2D eigenvalue weighted by atomic mass is 10.1. The van der Waals surface area contributed by atoms with Crippen LogP contribution in [0.1, 0.15) is 5.56 Å². The van der Waals surface area contributed by atoms with Crippen molar-refractivity contribution in [1.29, 1.82) is 0 Å². The third kappa shape index (κ3) is 2.54. The molecule has 1 atom stereocenters. The Labute approximate surface area is 138 Å². The van der Waals surface area contributed by atoms with Crippen LogP contribution in [-0.4, -0.2) is 47.4 Å². The molecule has 5 nitrogen and oxygen atoms in total. The normalized spacial score (nSPS) is 21.8. The Kier molecular flexibility index (Phi) is 3.63. The zero-order valence-corrected chi connectivity index (χ0v) is 13.4. The van der Waals surface area contributed by atoms with Crippen LogP contribution in [0.4, 0.5) is 9.80 Å². The Bertz CT molecular complexity index is 717. The summed E-state index contributed by atoms with van der Waals surface area (Å²) in [7, 11) is 0. The van der Waals surface area contributed by atoms with Crippen molar-refractivity contribution in [2.24, 2.45) is 0 Å². The molecule has 4 rings (SSSR count). The van der Waals surface area contributed by atoms with Crippen molar-refractivity contribution in [2.45, 2.75) is 12.6 Å². The van der Waals surface area contributed by atoms with Crippen molar-refractivity contribution in [2.75, 3.05) is 24.5 Å².